The molecule has 0 atom stereocenters. The molecule has 1 amide bonds. The van der Waals surface area contributed by atoms with Gasteiger partial charge in [-0.05, 0) is 65.9 Å². The quantitative estimate of drug-likeness (QED) is 0.253. The lowest BCUT2D eigenvalue weighted by molar-refractivity contribution is -0.385. The first kappa shape index (κ1) is 26.6. The zero-order valence-electron chi connectivity index (χ0n) is 21.5. The van der Waals surface area contributed by atoms with Crippen LogP contribution in [0.2, 0.25) is 0 Å². The average molecular weight is 520 g/mol. The van der Waals surface area contributed by atoms with Gasteiger partial charge in [0.2, 0.25) is 0 Å². The van der Waals surface area contributed by atoms with Crippen molar-refractivity contribution in [2.75, 3.05) is 39.7 Å². The highest BCUT2D eigenvalue weighted by Crippen LogP contribution is 2.33. The molecule has 1 aliphatic heterocycles. The fourth-order valence-electron chi connectivity index (χ4n) is 4.49. The molecule has 4 rings (SSSR count). The molecule has 0 unspecified atom stereocenters. The summed E-state index contributed by atoms with van der Waals surface area (Å²) in [5, 5.41) is 14.2. The van der Waals surface area contributed by atoms with Crippen molar-refractivity contribution >= 4 is 23.3 Å². The van der Waals surface area contributed by atoms with Crippen LogP contribution in [0.1, 0.15) is 37.4 Å². The molecule has 198 valence electrons. The molecule has 0 saturated heterocycles. The van der Waals surface area contributed by atoms with E-state index < -0.39 is 22.5 Å². The zero-order chi connectivity index (χ0) is 27.2. The van der Waals surface area contributed by atoms with E-state index in [1.807, 2.05) is 18.2 Å². The van der Waals surface area contributed by atoms with Gasteiger partial charge in [-0.2, -0.15) is 0 Å². The van der Waals surface area contributed by atoms with Gasteiger partial charge < -0.3 is 19.5 Å². The van der Waals surface area contributed by atoms with Crippen molar-refractivity contribution in [3.05, 3.63) is 92.5 Å². The molecule has 0 bridgehead atoms. The van der Waals surface area contributed by atoms with Gasteiger partial charge in [-0.3, -0.25) is 19.8 Å². The van der Waals surface area contributed by atoms with Gasteiger partial charge in [-0.25, -0.2) is 4.79 Å². The van der Waals surface area contributed by atoms with E-state index in [-0.39, 0.29) is 11.1 Å². The highest BCUT2D eigenvalue weighted by Gasteiger charge is 2.23. The molecule has 0 fully saturated rings. The number of nitrogens with one attached hydrogen (secondary N) is 1. The number of esters is 1. The van der Waals surface area contributed by atoms with Gasteiger partial charge in [0, 0.05) is 31.4 Å². The topological polar surface area (TPSA) is 120 Å². The number of hydrogen-bond donors (Lipinski definition) is 1. The minimum Gasteiger partial charge on any atom is -0.493 e. The van der Waals surface area contributed by atoms with Crippen LogP contribution in [0.4, 0.5) is 11.4 Å². The van der Waals surface area contributed by atoms with E-state index in [9.17, 15) is 19.7 Å². The standard InChI is InChI=1S/C28H29N3O7/c1-36-25-15-19-11-13-30(17-21(19)16-26(25)37-2)12-10-18-4-7-22(8-5-18)29-27(32)23-9-6-20(28(33)38-3)14-24(23)31(34)35/h4-9,14-16H,10-13,17H2,1-3H3,(H,29,32). The number of fused-ring (bicyclic) bond motifs is 1. The van der Waals surface area contributed by atoms with Crippen LogP contribution in [0.15, 0.2) is 54.6 Å². The van der Waals surface area contributed by atoms with Crippen molar-refractivity contribution in [3.63, 3.8) is 0 Å². The summed E-state index contributed by atoms with van der Waals surface area (Å²) in [4.78, 5) is 37.6. The van der Waals surface area contributed by atoms with Gasteiger partial charge in [-0.1, -0.05) is 12.1 Å². The third-order valence-corrected chi connectivity index (χ3v) is 6.59. The molecule has 0 radical (unpaired) electrons. The number of nitrogens with zero attached hydrogens (tertiary/aromatic N) is 2. The number of methoxy groups -OCH3 is 3. The normalized spacial score (nSPS) is 12.8. The number of carbonyl (C=O) groups is 2. The Hall–Kier alpha value is -4.44. The zero-order valence-corrected chi connectivity index (χ0v) is 21.5. The maximum Gasteiger partial charge on any atom is 0.338 e. The van der Waals surface area contributed by atoms with Gasteiger partial charge in [0.15, 0.2) is 11.5 Å². The molecule has 0 aliphatic carbocycles. The minimum absolute atomic E-state index is 0.00356. The van der Waals surface area contributed by atoms with Crippen LogP contribution in [0.25, 0.3) is 0 Å². The second kappa shape index (κ2) is 11.7. The van der Waals surface area contributed by atoms with Crippen LogP contribution >= 0.6 is 0 Å². The van der Waals surface area contributed by atoms with Crippen molar-refractivity contribution in [1.82, 2.24) is 4.90 Å². The van der Waals surface area contributed by atoms with E-state index in [2.05, 4.69) is 21.0 Å². The molecule has 0 aromatic heterocycles. The lowest BCUT2D eigenvalue weighted by atomic mass is 9.98. The fourth-order valence-corrected chi connectivity index (χ4v) is 4.49. The summed E-state index contributed by atoms with van der Waals surface area (Å²) in [6.07, 6.45) is 1.77. The van der Waals surface area contributed by atoms with Crippen LogP contribution in [-0.4, -0.2) is 56.1 Å². The van der Waals surface area contributed by atoms with Gasteiger partial charge in [0.1, 0.15) is 5.56 Å². The second-order valence-electron chi connectivity index (χ2n) is 8.88. The second-order valence-corrected chi connectivity index (χ2v) is 8.88. The van der Waals surface area contributed by atoms with Crippen molar-refractivity contribution in [2.24, 2.45) is 0 Å². The molecule has 3 aromatic rings. The monoisotopic (exact) mass is 519 g/mol. The minimum atomic E-state index is -0.718. The van der Waals surface area contributed by atoms with Crippen LogP contribution in [0, 0.1) is 10.1 Å². The number of carbonyl (C=O) groups excluding carboxylic acids is 2. The summed E-state index contributed by atoms with van der Waals surface area (Å²) in [7, 11) is 4.46. The van der Waals surface area contributed by atoms with Gasteiger partial charge >= 0.3 is 5.97 Å². The van der Waals surface area contributed by atoms with Crippen LogP contribution in [0.5, 0.6) is 11.5 Å². The number of nitro benzene ring substituents is 1. The van der Waals surface area contributed by atoms with Crippen LogP contribution in [0.3, 0.4) is 0 Å². The first-order chi connectivity index (χ1) is 18.3. The predicted molar refractivity (Wildman–Crippen MR) is 141 cm³/mol. The number of hydrogen-bond acceptors (Lipinski definition) is 8. The number of rotatable bonds is 9. The molecular formula is C28H29N3O7. The van der Waals surface area contributed by atoms with Crippen LogP contribution < -0.4 is 14.8 Å². The Labute approximate surface area is 220 Å². The summed E-state index contributed by atoms with van der Waals surface area (Å²) < 4.78 is 15.5. The molecule has 10 heteroatoms. The largest absolute Gasteiger partial charge is 0.493 e. The Balaban J connectivity index is 1.36. The van der Waals surface area contributed by atoms with E-state index >= 15 is 0 Å². The summed E-state index contributed by atoms with van der Waals surface area (Å²) in [6.45, 7) is 2.65. The number of nitro groups is 1. The summed E-state index contributed by atoms with van der Waals surface area (Å²) in [5.74, 6) is 0.124. The number of amides is 1. The van der Waals surface area contributed by atoms with Gasteiger partial charge in [0.05, 0.1) is 31.8 Å². The molecule has 10 nitrogen and oxygen atoms in total. The third kappa shape index (κ3) is 5.92. The number of ether oxygens (including phenoxy) is 3. The Morgan fingerprint density at radius 1 is 0.974 bits per heavy atom. The van der Waals surface area contributed by atoms with E-state index in [0.29, 0.717) is 5.69 Å². The Kier molecular flexibility index (Phi) is 8.22. The smallest absolute Gasteiger partial charge is 0.338 e. The van der Waals surface area contributed by atoms with E-state index in [1.54, 1.807) is 26.4 Å². The molecule has 1 N–H and O–H groups in total. The molecule has 1 heterocycles. The maximum absolute atomic E-state index is 12.7. The SMILES string of the molecule is COC(=O)c1ccc(C(=O)Nc2ccc(CCN3CCc4cc(OC)c(OC)cc4C3)cc2)c([N+](=O)[O-])c1. The summed E-state index contributed by atoms with van der Waals surface area (Å²) in [5.41, 5.74) is 3.51. The summed E-state index contributed by atoms with van der Waals surface area (Å²) >= 11 is 0. The van der Waals surface area contributed by atoms with Crippen molar-refractivity contribution < 1.29 is 28.7 Å². The van der Waals surface area contributed by atoms with Gasteiger partial charge in [0.25, 0.3) is 11.6 Å². The maximum atomic E-state index is 12.7. The number of anilines is 1. The van der Waals surface area contributed by atoms with Crippen molar-refractivity contribution in [2.45, 2.75) is 19.4 Å². The lowest BCUT2D eigenvalue weighted by Crippen LogP contribution is -2.32. The van der Waals surface area contributed by atoms with Gasteiger partial charge in [-0.15, -0.1) is 0 Å². The Morgan fingerprint density at radius 3 is 2.29 bits per heavy atom. The number of benzene rings is 3. The molecule has 3 aromatic carbocycles. The first-order valence-electron chi connectivity index (χ1n) is 12.1. The highest BCUT2D eigenvalue weighted by atomic mass is 16.6. The third-order valence-electron chi connectivity index (χ3n) is 6.59. The fraction of sp³-hybridized carbons (Fsp3) is 0.286. The van der Waals surface area contributed by atoms with Crippen molar-refractivity contribution in [3.8, 4) is 11.5 Å². The lowest BCUT2D eigenvalue weighted by Gasteiger charge is -2.29. The predicted octanol–water partition coefficient (Wildman–Crippen LogP) is 4.25. The molecule has 38 heavy (non-hydrogen) atoms. The van der Waals surface area contributed by atoms with Crippen LogP contribution in [-0.2, 0) is 24.1 Å². The molecule has 0 spiro atoms. The van der Waals surface area contributed by atoms with Crippen molar-refractivity contribution in [1.29, 1.82) is 0 Å². The Bertz CT molecular complexity index is 1360. The Morgan fingerprint density at radius 2 is 1.66 bits per heavy atom. The highest BCUT2D eigenvalue weighted by molar-refractivity contribution is 6.07. The van der Waals surface area contributed by atoms with E-state index in [4.69, 9.17) is 9.47 Å². The molecule has 1 aliphatic rings. The van der Waals surface area contributed by atoms with E-state index in [0.717, 1.165) is 55.6 Å². The first-order valence-corrected chi connectivity index (χ1v) is 12.1. The molecule has 0 saturated carbocycles. The van der Waals surface area contributed by atoms with E-state index in [1.165, 1.54) is 30.4 Å². The average Bonchev–Trinajstić information content (AvgIpc) is 2.94. The summed E-state index contributed by atoms with van der Waals surface area (Å²) in [6, 6.07) is 15.1. The molecular weight excluding hydrogens is 490 g/mol.